The van der Waals surface area contributed by atoms with Gasteiger partial charge in [0.15, 0.2) is 0 Å². The minimum atomic E-state index is -0.0162. The molecule has 0 radical (unpaired) electrons. The number of hydrogen-bond donors (Lipinski definition) is 1. The molecule has 2 aromatic heterocycles. The molecule has 0 aliphatic carbocycles. The molecular formula is C16H16N2OS2. The van der Waals surface area contributed by atoms with Crippen molar-refractivity contribution in [1.29, 1.82) is 0 Å². The fourth-order valence-corrected chi connectivity index (χ4v) is 4.05. The van der Waals surface area contributed by atoms with Crippen LogP contribution in [0, 0.1) is 6.92 Å². The van der Waals surface area contributed by atoms with Crippen LogP contribution >= 0.6 is 22.7 Å². The van der Waals surface area contributed by atoms with Crippen molar-refractivity contribution in [2.24, 2.45) is 0 Å². The Bertz CT molecular complexity index is 790. The number of carbonyl (C=O) groups is 1. The van der Waals surface area contributed by atoms with Gasteiger partial charge in [0, 0.05) is 23.7 Å². The number of thiophene rings is 2. The molecule has 3 aromatic rings. The van der Waals surface area contributed by atoms with Crippen LogP contribution in [-0.2, 0) is 6.54 Å². The van der Waals surface area contributed by atoms with Crippen LogP contribution in [0.1, 0.15) is 20.8 Å². The van der Waals surface area contributed by atoms with Crippen LogP contribution in [0.2, 0.25) is 0 Å². The highest BCUT2D eigenvalue weighted by atomic mass is 32.1. The zero-order chi connectivity index (χ0) is 15.0. The third-order valence-electron chi connectivity index (χ3n) is 3.42. The van der Waals surface area contributed by atoms with Crippen molar-refractivity contribution in [3.8, 4) is 0 Å². The molecule has 0 saturated carbocycles. The second kappa shape index (κ2) is 5.50. The molecule has 0 spiro atoms. The molecule has 0 aliphatic heterocycles. The Morgan fingerprint density at radius 3 is 2.86 bits per heavy atom. The number of fused-ring (bicyclic) bond motifs is 1. The highest BCUT2D eigenvalue weighted by Gasteiger charge is 2.20. The minimum absolute atomic E-state index is 0.0162. The molecule has 2 N–H and O–H groups in total. The number of rotatable bonds is 3. The summed E-state index contributed by atoms with van der Waals surface area (Å²) in [7, 11) is 1.81. The molecule has 0 fully saturated rings. The van der Waals surface area contributed by atoms with Crippen LogP contribution in [0.5, 0.6) is 0 Å². The first-order valence-corrected chi connectivity index (χ1v) is 8.37. The summed E-state index contributed by atoms with van der Waals surface area (Å²) in [6, 6.07) is 8.14. The number of anilines is 1. The van der Waals surface area contributed by atoms with Crippen molar-refractivity contribution in [3.63, 3.8) is 0 Å². The second-order valence-electron chi connectivity index (χ2n) is 5.14. The van der Waals surface area contributed by atoms with Crippen molar-refractivity contribution in [3.05, 3.63) is 51.0 Å². The van der Waals surface area contributed by atoms with Gasteiger partial charge in [0.25, 0.3) is 5.91 Å². The highest BCUT2D eigenvalue weighted by molar-refractivity contribution is 7.21. The lowest BCUT2D eigenvalue weighted by Gasteiger charge is -2.15. The average molecular weight is 316 g/mol. The SMILES string of the molecule is Cc1ccc2sc(C(=O)N(C)Cc3ccsc3)c(N)c2c1. The molecule has 3 rings (SSSR count). The van der Waals surface area contributed by atoms with E-state index in [-0.39, 0.29) is 5.91 Å². The standard InChI is InChI=1S/C16H16N2OS2/c1-10-3-4-13-12(7-10)14(17)15(21-13)16(19)18(2)8-11-5-6-20-9-11/h3-7,9H,8,17H2,1-2H3. The van der Waals surface area contributed by atoms with E-state index in [0.717, 1.165) is 21.2 Å². The number of nitrogen functional groups attached to an aromatic ring is 1. The lowest BCUT2D eigenvalue weighted by molar-refractivity contribution is 0.0791. The molecule has 0 bridgehead atoms. The summed E-state index contributed by atoms with van der Waals surface area (Å²) in [5.41, 5.74) is 9.08. The van der Waals surface area contributed by atoms with Crippen molar-refractivity contribution in [1.82, 2.24) is 4.90 Å². The third-order valence-corrected chi connectivity index (χ3v) is 5.33. The average Bonchev–Trinajstić information content (AvgIpc) is 3.07. The Hall–Kier alpha value is -1.85. The number of benzene rings is 1. The van der Waals surface area contributed by atoms with Crippen LogP contribution in [0.3, 0.4) is 0 Å². The molecule has 1 amide bonds. The van der Waals surface area contributed by atoms with Gasteiger partial charge < -0.3 is 10.6 Å². The fraction of sp³-hybridized carbons (Fsp3) is 0.188. The molecule has 5 heteroatoms. The van der Waals surface area contributed by atoms with E-state index < -0.39 is 0 Å². The number of nitrogens with zero attached hydrogens (tertiary/aromatic N) is 1. The normalized spacial score (nSPS) is 11.0. The van der Waals surface area contributed by atoms with Gasteiger partial charge in [-0.25, -0.2) is 0 Å². The molecular weight excluding hydrogens is 300 g/mol. The van der Waals surface area contributed by atoms with Gasteiger partial charge in [-0.1, -0.05) is 11.6 Å². The first-order valence-electron chi connectivity index (χ1n) is 6.61. The summed E-state index contributed by atoms with van der Waals surface area (Å²) in [5, 5.41) is 5.05. The highest BCUT2D eigenvalue weighted by Crippen LogP contribution is 2.35. The maximum absolute atomic E-state index is 12.6. The van der Waals surface area contributed by atoms with Gasteiger partial charge in [-0.2, -0.15) is 11.3 Å². The van der Waals surface area contributed by atoms with E-state index in [1.807, 2.05) is 43.6 Å². The Morgan fingerprint density at radius 2 is 2.14 bits per heavy atom. The summed E-state index contributed by atoms with van der Waals surface area (Å²) in [6.07, 6.45) is 0. The van der Waals surface area contributed by atoms with Crippen LogP contribution in [0.4, 0.5) is 5.69 Å². The van der Waals surface area contributed by atoms with E-state index in [1.54, 1.807) is 16.2 Å². The number of nitrogens with two attached hydrogens (primary N) is 1. The summed E-state index contributed by atoms with van der Waals surface area (Å²) in [5.74, 6) is -0.0162. The van der Waals surface area contributed by atoms with Gasteiger partial charge in [-0.15, -0.1) is 11.3 Å². The van der Waals surface area contributed by atoms with Gasteiger partial charge in [0.1, 0.15) is 4.88 Å². The summed E-state index contributed by atoms with van der Waals surface area (Å²) >= 11 is 3.11. The van der Waals surface area contributed by atoms with E-state index in [0.29, 0.717) is 17.1 Å². The van der Waals surface area contributed by atoms with Gasteiger partial charge >= 0.3 is 0 Å². The molecule has 0 aliphatic rings. The van der Waals surface area contributed by atoms with Gasteiger partial charge in [0.05, 0.1) is 5.69 Å². The van der Waals surface area contributed by atoms with Crippen LogP contribution in [0.25, 0.3) is 10.1 Å². The number of hydrogen-bond acceptors (Lipinski definition) is 4. The first kappa shape index (κ1) is 14.1. The second-order valence-corrected chi connectivity index (χ2v) is 6.97. The molecule has 3 nitrogen and oxygen atoms in total. The maximum Gasteiger partial charge on any atom is 0.266 e. The Kier molecular flexibility index (Phi) is 3.69. The molecule has 1 aromatic carbocycles. The van der Waals surface area contributed by atoms with E-state index in [4.69, 9.17) is 5.73 Å². The molecule has 0 saturated heterocycles. The lowest BCUT2D eigenvalue weighted by Crippen LogP contribution is -2.25. The van der Waals surface area contributed by atoms with E-state index in [2.05, 4.69) is 5.38 Å². The molecule has 0 unspecified atom stereocenters. The Morgan fingerprint density at radius 1 is 1.33 bits per heavy atom. The van der Waals surface area contributed by atoms with Gasteiger partial charge in [-0.05, 0) is 41.4 Å². The zero-order valence-corrected chi connectivity index (χ0v) is 13.6. The quantitative estimate of drug-likeness (QED) is 0.790. The van der Waals surface area contributed by atoms with Crippen LogP contribution < -0.4 is 5.73 Å². The largest absolute Gasteiger partial charge is 0.397 e. The fourth-order valence-electron chi connectivity index (χ4n) is 2.29. The minimum Gasteiger partial charge on any atom is -0.397 e. The van der Waals surface area contributed by atoms with E-state index >= 15 is 0 Å². The molecule has 2 heterocycles. The smallest absolute Gasteiger partial charge is 0.266 e. The predicted molar refractivity (Wildman–Crippen MR) is 91.1 cm³/mol. The first-order chi connectivity index (χ1) is 10.1. The lowest BCUT2D eigenvalue weighted by atomic mass is 10.1. The molecule has 0 atom stereocenters. The van der Waals surface area contributed by atoms with E-state index in [1.165, 1.54) is 11.3 Å². The molecule has 21 heavy (non-hydrogen) atoms. The Balaban J connectivity index is 1.92. The van der Waals surface area contributed by atoms with Crippen LogP contribution in [0.15, 0.2) is 35.0 Å². The zero-order valence-electron chi connectivity index (χ0n) is 11.9. The summed E-state index contributed by atoms with van der Waals surface area (Å²) < 4.78 is 1.06. The number of aryl methyl sites for hydroxylation is 1. The summed E-state index contributed by atoms with van der Waals surface area (Å²) in [4.78, 5) is 15.0. The number of carbonyl (C=O) groups excluding carboxylic acids is 1. The monoisotopic (exact) mass is 316 g/mol. The topological polar surface area (TPSA) is 46.3 Å². The van der Waals surface area contributed by atoms with Crippen molar-refractivity contribution >= 4 is 44.4 Å². The van der Waals surface area contributed by atoms with Gasteiger partial charge in [0.2, 0.25) is 0 Å². The van der Waals surface area contributed by atoms with Crippen molar-refractivity contribution < 1.29 is 4.79 Å². The van der Waals surface area contributed by atoms with Crippen molar-refractivity contribution in [2.75, 3.05) is 12.8 Å². The predicted octanol–water partition coefficient (Wildman–Crippen LogP) is 4.13. The molecule has 108 valence electrons. The van der Waals surface area contributed by atoms with Crippen LogP contribution in [-0.4, -0.2) is 17.9 Å². The number of amides is 1. The third kappa shape index (κ3) is 2.66. The van der Waals surface area contributed by atoms with Crippen molar-refractivity contribution in [2.45, 2.75) is 13.5 Å². The maximum atomic E-state index is 12.6. The van der Waals surface area contributed by atoms with E-state index in [9.17, 15) is 4.79 Å². The van der Waals surface area contributed by atoms with Gasteiger partial charge in [-0.3, -0.25) is 4.79 Å². The summed E-state index contributed by atoms with van der Waals surface area (Å²) in [6.45, 7) is 2.63. The Labute approximate surface area is 131 Å².